The molecular formula is C11H8ClN3O2. The number of anilines is 2. The van der Waals surface area contributed by atoms with Gasteiger partial charge in [0.05, 0.1) is 10.6 Å². The minimum Gasteiger partial charge on any atom is -0.478 e. The van der Waals surface area contributed by atoms with Gasteiger partial charge in [-0.1, -0.05) is 11.6 Å². The van der Waals surface area contributed by atoms with E-state index in [9.17, 15) is 4.79 Å². The molecule has 2 rings (SSSR count). The lowest BCUT2D eigenvalue weighted by atomic mass is 10.2. The molecule has 0 radical (unpaired) electrons. The number of aromatic carboxylic acids is 1. The summed E-state index contributed by atoms with van der Waals surface area (Å²) in [5.41, 5.74) is 0.735. The zero-order chi connectivity index (χ0) is 12.3. The fourth-order valence-electron chi connectivity index (χ4n) is 1.28. The average molecular weight is 250 g/mol. The van der Waals surface area contributed by atoms with E-state index in [2.05, 4.69) is 15.3 Å². The van der Waals surface area contributed by atoms with Crippen molar-refractivity contribution >= 4 is 29.1 Å². The van der Waals surface area contributed by atoms with E-state index in [-0.39, 0.29) is 10.6 Å². The number of benzene rings is 1. The van der Waals surface area contributed by atoms with Gasteiger partial charge in [-0.2, -0.15) is 0 Å². The van der Waals surface area contributed by atoms with Crippen molar-refractivity contribution in [3.63, 3.8) is 0 Å². The smallest absolute Gasteiger partial charge is 0.337 e. The number of hydrogen-bond acceptors (Lipinski definition) is 4. The molecule has 5 nitrogen and oxygen atoms in total. The van der Waals surface area contributed by atoms with Crippen LogP contribution in [0.2, 0.25) is 5.02 Å². The Morgan fingerprint density at radius 3 is 2.76 bits per heavy atom. The summed E-state index contributed by atoms with van der Waals surface area (Å²) in [6.45, 7) is 0. The highest BCUT2D eigenvalue weighted by Gasteiger charge is 2.08. The van der Waals surface area contributed by atoms with Gasteiger partial charge in [-0.05, 0) is 24.3 Å². The van der Waals surface area contributed by atoms with Gasteiger partial charge in [0, 0.05) is 11.9 Å². The fraction of sp³-hybridized carbons (Fsp3) is 0. The molecule has 0 aliphatic rings. The highest BCUT2D eigenvalue weighted by atomic mass is 35.5. The molecule has 1 aromatic carbocycles. The molecule has 0 bridgehead atoms. The minimum atomic E-state index is -1.05. The van der Waals surface area contributed by atoms with E-state index in [1.165, 1.54) is 18.5 Å². The molecule has 0 spiro atoms. The van der Waals surface area contributed by atoms with Gasteiger partial charge in [0.25, 0.3) is 0 Å². The molecule has 0 unspecified atom stereocenters. The summed E-state index contributed by atoms with van der Waals surface area (Å²) in [6.07, 6.45) is 3.01. The van der Waals surface area contributed by atoms with Crippen LogP contribution in [0.5, 0.6) is 0 Å². The van der Waals surface area contributed by atoms with Crippen molar-refractivity contribution in [2.45, 2.75) is 0 Å². The number of carbonyl (C=O) groups is 1. The van der Waals surface area contributed by atoms with Crippen molar-refractivity contribution in [1.29, 1.82) is 0 Å². The third-order valence-electron chi connectivity index (χ3n) is 2.05. The van der Waals surface area contributed by atoms with Crippen LogP contribution in [0.4, 0.5) is 11.5 Å². The third-order valence-corrected chi connectivity index (χ3v) is 2.37. The molecule has 0 aliphatic heterocycles. The van der Waals surface area contributed by atoms with Crippen molar-refractivity contribution < 1.29 is 9.90 Å². The number of halogens is 1. The van der Waals surface area contributed by atoms with Crippen LogP contribution in [-0.2, 0) is 0 Å². The van der Waals surface area contributed by atoms with E-state index >= 15 is 0 Å². The van der Waals surface area contributed by atoms with Gasteiger partial charge in [0.1, 0.15) is 12.1 Å². The number of nitrogens with zero attached hydrogens (tertiary/aromatic N) is 2. The predicted octanol–water partition coefficient (Wildman–Crippen LogP) is 2.57. The lowest BCUT2D eigenvalue weighted by molar-refractivity contribution is 0.0697. The second kappa shape index (κ2) is 4.80. The number of carboxylic acid groups (broad SMARTS) is 1. The molecule has 2 N–H and O–H groups in total. The van der Waals surface area contributed by atoms with E-state index in [4.69, 9.17) is 16.7 Å². The third kappa shape index (κ3) is 2.70. The molecule has 1 heterocycles. The molecule has 0 atom stereocenters. The van der Waals surface area contributed by atoms with Crippen LogP contribution in [0.3, 0.4) is 0 Å². The van der Waals surface area contributed by atoms with Crippen molar-refractivity contribution in [3.05, 3.63) is 47.4 Å². The topological polar surface area (TPSA) is 75.1 Å². The first kappa shape index (κ1) is 11.3. The average Bonchev–Trinajstić information content (AvgIpc) is 2.30. The first-order valence-electron chi connectivity index (χ1n) is 4.72. The maximum absolute atomic E-state index is 10.8. The standard InChI is InChI=1S/C11H8ClN3O2/c12-9-5-7(1-2-8(9)11(16)17)15-10-3-4-13-6-14-10/h1-6H,(H,16,17)(H,13,14,15). The van der Waals surface area contributed by atoms with Gasteiger partial charge < -0.3 is 10.4 Å². The molecule has 0 saturated carbocycles. The lowest BCUT2D eigenvalue weighted by Crippen LogP contribution is -1.99. The summed E-state index contributed by atoms with van der Waals surface area (Å²) in [4.78, 5) is 18.5. The number of aromatic nitrogens is 2. The van der Waals surface area contributed by atoms with E-state index in [1.807, 2.05) is 0 Å². The van der Waals surface area contributed by atoms with Gasteiger partial charge in [-0.3, -0.25) is 0 Å². The molecule has 2 aromatic rings. The second-order valence-corrected chi connectivity index (χ2v) is 3.63. The molecule has 0 fully saturated rings. The Labute approximate surface area is 102 Å². The van der Waals surface area contributed by atoms with Crippen LogP contribution >= 0.6 is 11.6 Å². The molecule has 6 heteroatoms. The number of nitrogens with one attached hydrogen (secondary N) is 1. The first-order valence-corrected chi connectivity index (χ1v) is 5.10. The van der Waals surface area contributed by atoms with Gasteiger partial charge in [-0.15, -0.1) is 0 Å². The van der Waals surface area contributed by atoms with Crippen LogP contribution in [-0.4, -0.2) is 21.0 Å². The van der Waals surface area contributed by atoms with Crippen molar-refractivity contribution in [2.75, 3.05) is 5.32 Å². The van der Waals surface area contributed by atoms with Crippen LogP contribution in [0.15, 0.2) is 36.8 Å². The maximum atomic E-state index is 10.8. The van der Waals surface area contributed by atoms with Crippen molar-refractivity contribution in [2.24, 2.45) is 0 Å². The van der Waals surface area contributed by atoms with E-state index in [0.717, 1.165) is 0 Å². The molecule has 1 aromatic heterocycles. The Hall–Kier alpha value is -2.14. The monoisotopic (exact) mass is 249 g/mol. The summed E-state index contributed by atoms with van der Waals surface area (Å²) in [5.74, 6) is -0.442. The van der Waals surface area contributed by atoms with Gasteiger partial charge >= 0.3 is 5.97 Å². The van der Waals surface area contributed by atoms with Crippen LogP contribution in [0.1, 0.15) is 10.4 Å². The van der Waals surface area contributed by atoms with E-state index in [1.54, 1.807) is 18.3 Å². The molecule has 0 saturated heterocycles. The highest BCUT2D eigenvalue weighted by Crippen LogP contribution is 2.22. The molecule has 86 valence electrons. The molecular weight excluding hydrogens is 242 g/mol. The van der Waals surface area contributed by atoms with Gasteiger partial charge in [0.15, 0.2) is 0 Å². The molecule has 0 aliphatic carbocycles. The Morgan fingerprint density at radius 2 is 2.18 bits per heavy atom. The summed E-state index contributed by atoms with van der Waals surface area (Å²) in [7, 11) is 0. The fourth-order valence-corrected chi connectivity index (χ4v) is 1.54. The Morgan fingerprint density at radius 1 is 1.35 bits per heavy atom. The quantitative estimate of drug-likeness (QED) is 0.874. The number of hydrogen-bond donors (Lipinski definition) is 2. The number of rotatable bonds is 3. The Kier molecular flexibility index (Phi) is 3.20. The van der Waals surface area contributed by atoms with Crippen LogP contribution in [0, 0.1) is 0 Å². The summed E-state index contributed by atoms with van der Waals surface area (Å²) in [5, 5.41) is 12.0. The minimum absolute atomic E-state index is 0.0694. The van der Waals surface area contributed by atoms with Crippen molar-refractivity contribution in [3.8, 4) is 0 Å². The maximum Gasteiger partial charge on any atom is 0.337 e. The second-order valence-electron chi connectivity index (χ2n) is 3.22. The highest BCUT2D eigenvalue weighted by molar-refractivity contribution is 6.33. The van der Waals surface area contributed by atoms with E-state index < -0.39 is 5.97 Å². The Bertz CT molecular complexity index is 546. The Balaban J connectivity index is 2.24. The van der Waals surface area contributed by atoms with Crippen LogP contribution < -0.4 is 5.32 Å². The molecule has 0 amide bonds. The summed E-state index contributed by atoms with van der Waals surface area (Å²) in [6, 6.07) is 6.29. The van der Waals surface area contributed by atoms with Crippen LogP contribution in [0.25, 0.3) is 0 Å². The van der Waals surface area contributed by atoms with Crippen molar-refractivity contribution in [1.82, 2.24) is 9.97 Å². The predicted molar refractivity (Wildman–Crippen MR) is 63.7 cm³/mol. The number of carboxylic acids is 1. The largest absolute Gasteiger partial charge is 0.478 e. The zero-order valence-electron chi connectivity index (χ0n) is 8.59. The summed E-state index contributed by atoms with van der Waals surface area (Å²) < 4.78 is 0. The van der Waals surface area contributed by atoms with E-state index in [0.29, 0.717) is 11.5 Å². The normalized spacial score (nSPS) is 9.94. The zero-order valence-corrected chi connectivity index (χ0v) is 9.35. The van der Waals surface area contributed by atoms with Gasteiger partial charge in [0.2, 0.25) is 0 Å². The molecule has 17 heavy (non-hydrogen) atoms. The van der Waals surface area contributed by atoms with Gasteiger partial charge in [-0.25, -0.2) is 14.8 Å². The SMILES string of the molecule is O=C(O)c1ccc(Nc2ccncn2)cc1Cl. The lowest BCUT2D eigenvalue weighted by Gasteiger charge is -2.06. The first-order chi connectivity index (χ1) is 8.16. The summed E-state index contributed by atoms with van der Waals surface area (Å²) >= 11 is 5.84.